The summed E-state index contributed by atoms with van der Waals surface area (Å²) in [4.78, 5) is 71.5. The molecule has 0 spiro atoms. The van der Waals surface area contributed by atoms with E-state index in [0.717, 1.165) is 0 Å². The molecule has 1 unspecified atom stereocenters. The Morgan fingerprint density at radius 1 is 0.485 bits per heavy atom. The number of phosphoric acid groups is 3. The van der Waals surface area contributed by atoms with E-state index in [0.29, 0.717) is 16.6 Å². The highest BCUT2D eigenvalue weighted by Gasteiger charge is 2.63. The van der Waals surface area contributed by atoms with Gasteiger partial charge in [0.15, 0.2) is 52.2 Å². The highest BCUT2D eigenvalue weighted by atomic mass is 31.2. The minimum atomic E-state index is -3.99. The summed E-state index contributed by atoms with van der Waals surface area (Å²) in [5.74, 6) is -0.759. The molecule has 0 aromatic carbocycles. The number of fused-ring (bicyclic) bond motifs is 6. The predicted molar refractivity (Wildman–Crippen MR) is 333 cm³/mol. The van der Waals surface area contributed by atoms with Crippen LogP contribution in [0.15, 0.2) is 19.0 Å². The van der Waals surface area contributed by atoms with E-state index in [1.165, 1.54) is 74.8 Å². The molecule has 45 heteroatoms. The maximum absolute atomic E-state index is 12.9. The molecule has 6 aromatic heterocycles. The normalized spacial score (nSPS) is 31.5. The third-order valence-electron chi connectivity index (χ3n) is 15.9. The van der Waals surface area contributed by atoms with Crippen molar-refractivity contribution < 1.29 is 127 Å². The molecule has 0 bridgehead atoms. The van der Waals surface area contributed by atoms with Crippen molar-refractivity contribution in [3.05, 3.63) is 19.0 Å². The van der Waals surface area contributed by atoms with Gasteiger partial charge >= 0.3 is 41.4 Å². The van der Waals surface area contributed by atoms with Crippen molar-refractivity contribution in [3.63, 3.8) is 0 Å². The number of aliphatic hydroxyl groups is 3. The first kappa shape index (κ1) is 74.6. The van der Waals surface area contributed by atoms with Crippen molar-refractivity contribution in [1.29, 1.82) is 0 Å². The van der Waals surface area contributed by atoms with E-state index in [1.807, 2.05) is 0 Å². The lowest BCUT2D eigenvalue weighted by Crippen LogP contribution is -2.47. The summed E-state index contributed by atoms with van der Waals surface area (Å²) in [6.07, 6.45) is -3.06. The van der Waals surface area contributed by atoms with Crippen LogP contribution < -0.4 is 31.4 Å². The van der Waals surface area contributed by atoms with Crippen molar-refractivity contribution in [2.24, 2.45) is 0 Å². The quantitative estimate of drug-likeness (QED) is 0.0219. The molecule has 0 aliphatic carbocycles. The summed E-state index contributed by atoms with van der Waals surface area (Å²) in [5.41, 5.74) is 14.1. The van der Waals surface area contributed by atoms with Crippen LogP contribution in [0.3, 0.4) is 0 Å². The number of imidazole rings is 3. The molecule has 9 N–H and O–H groups in total. The number of carbonyl (C=O) groups excluding carboxylic acids is 3. The van der Waals surface area contributed by atoms with Gasteiger partial charge in [-0.2, -0.15) is 29.9 Å². The Bertz CT molecular complexity index is 3630. The second-order valence-electron chi connectivity index (χ2n) is 23.0. The average molecular weight is 1460 g/mol. The van der Waals surface area contributed by atoms with Crippen LogP contribution >= 0.6 is 23.5 Å². The number of phosphoric ester groups is 3. The fourth-order valence-corrected chi connectivity index (χ4v) is 15.9. The van der Waals surface area contributed by atoms with Crippen LogP contribution in [0.4, 0.5) is 17.8 Å². The third-order valence-corrected chi connectivity index (χ3v) is 20.2. The second-order valence-corrected chi connectivity index (χ2v) is 27.9. The van der Waals surface area contributed by atoms with Gasteiger partial charge in [0.2, 0.25) is 35.5 Å². The molecule has 6 aliphatic rings. The van der Waals surface area contributed by atoms with Crippen molar-refractivity contribution in [3.8, 4) is 17.6 Å². The fourth-order valence-electron chi connectivity index (χ4n) is 11.4. The Morgan fingerprint density at radius 2 is 0.747 bits per heavy atom. The number of nitrogens with two attached hydrogens (primary N) is 3. The maximum Gasteiger partial charge on any atom is 0.475 e. The topological polar surface area (TPSA) is 538 Å². The molecule has 42 nitrogen and oxygen atoms in total. The first-order chi connectivity index (χ1) is 47.0. The molecule has 6 fully saturated rings. The number of nitrogen functional groups attached to an aromatic ring is 3. The van der Waals surface area contributed by atoms with Gasteiger partial charge in [0.25, 0.3) is 0 Å². The van der Waals surface area contributed by atoms with Gasteiger partial charge in [0.1, 0.15) is 53.4 Å². The lowest BCUT2D eigenvalue weighted by atomic mass is 9.96. The van der Waals surface area contributed by atoms with Crippen LogP contribution in [-0.4, -0.2) is 226 Å². The van der Waals surface area contributed by atoms with Gasteiger partial charge < -0.3 is 75.2 Å². The Labute approximate surface area is 563 Å². The monoisotopic (exact) mass is 1460 g/mol. The van der Waals surface area contributed by atoms with Crippen molar-refractivity contribution in [2.75, 3.05) is 98.0 Å². The van der Waals surface area contributed by atoms with Gasteiger partial charge in [0.05, 0.1) is 99.8 Å². The Morgan fingerprint density at radius 3 is 0.990 bits per heavy atom. The highest BCUT2D eigenvalue weighted by Crippen LogP contribution is 2.62. The molecular formula is C54H78N15O27P3. The van der Waals surface area contributed by atoms with Gasteiger partial charge in [-0.15, -0.1) is 0 Å². The Hall–Kier alpha value is -7.05. The minimum absolute atomic E-state index is 0.0449. The van der Waals surface area contributed by atoms with E-state index in [2.05, 4.69) is 44.9 Å². The van der Waals surface area contributed by atoms with Crippen molar-refractivity contribution in [1.82, 2.24) is 58.6 Å². The van der Waals surface area contributed by atoms with Crippen LogP contribution in [0, 0.1) is 0 Å². The van der Waals surface area contributed by atoms with E-state index in [-0.39, 0.29) is 168 Å². The Balaban J connectivity index is 0.000000161. The maximum atomic E-state index is 12.9. The zero-order valence-corrected chi connectivity index (χ0v) is 57.8. The zero-order chi connectivity index (χ0) is 71.4. The van der Waals surface area contributed by atoms with E-state index < -0.39 is 95.6 Å². The van der Waals surface area contributed by atoms with Crippen LogP contribution in [-0.2, 0) is 97.2 Å². The minimum Gasteiger partial charge on any atom is -0.479 e. The number of carbonyl (C=O) groups is 3. The van der Waals surface area contributed by atoms with Crippen molar-refractivity contribution in [2.45, 2.75) is 152 Å². The Kier molecular flexibility index (Phi) is 23.1. The fraction of sp³-hybridized carbons (Fsp3) is 0.667. The standard InChI is InChI=1S/3C18H26N5O9P/c3*1-4-28-11(24)6-5-7-29-33(26)30-8-10-13(32-33)18(2,25)16(31-10)23-9-20-12-14(23)21-17(19)22-15(12)27-3/h3*9-10,13,16,25H,4-8H2,1-3H3,(H2,19,21,22)/t10-,13-,16-,18-,33?;10-,13-,16-,18-,33+;10-,13-,16-,18-,33-/m111/s1. The SMILES string of the molecule is CCOC(=O)CCCOP1(=O)OC[C@H]2O[C@@H](n3cnc4c(OC)nc(N)nc43)[C@](C)(O)[C@@H]2O1.CCOC(=O)CCCO[P@@]1(=O)OC[C@H]2O[C@@H](n3cnc4c(OC)nc(N)nc43)[C@](C)(O)[C@@H]2O1.CCOC(=O)CCCO[P@]1(=O)OC[C@H]2O[C@@H](n3cnc4c(OC)nc(N)nc43)[C@](C)(O)[C@@H]2O1. The summed E-state index contributed by atoms with van der Waals surface area (Å²) < 4.78 is 140. The summed E-state index contributed by atoms with van der Waals surface area (Å²) in [7, 11) is -7.71. The lowest BCUT2D eigenvalue weighted by molar-refractivity contribution is -0.144. The number of rotatable bonds is 24. The molecule has 99 heavy (non-hydrogen) atoms. The second kappa shape index (κ2) is 30.6. The van der Waals surface area contributed by atoms with E-state index in [1.54, 1.807) is 20.8 Å². The number of methoxy groups -OCH3 is 3. The smallest absolute Gasteiger partial charge is 0.475 e. The van der Waals surface area contributed by atoms with Gasteiger partial charge in [0, 0.05) is 19.3 Å². The molecule has 6 saturated heterocycles. The van der Waals surface area contributed by atoms with Gasteiger partial charge in [-0.25, -0.2) is 28.6 Å². The van der Waals surface area contributed by atoms with Crippen LogP contribution in [0.1, 0.15) is 98.8 Å². The lowest BCUT2D eigenvalue weighted by Gasteiger charge is -2.35. The number of hydrogen-bond donors (Lipinski definition) is 6. The first-order valence-electron chi connectivity index (χ1n) is 31.0. The summed E-state index contributed by atoms with van der Waals surface area (Å²) >= 11 is 0. The number of esters is 3. The number of ether oxygens (including phenoxy) is 9. The van der Waals surface area contributed by atoms with Gasteiger partial charge in [-0.3, -0.25) is 68.8 Å². The van der Waals surface area contributed by atoms with Gasteiger partial charge in [-0.05, 0) is 60.8 Å². The number of anilines is 3. The largest absolute Gasteiger partial charge is 0.479 e. The summed E-state index contributed by atoms with van der Waals surface area (Å²) in [6.45, 7) is 9.82. The molecule has 12 rings (SSSR count). The van der Waals surface area contributed by atoms with Crippen molar-refractivity contribution >= 4 is 92.7 Å². The van der Waals surface area contributed by atoms with Crippen LogP contribution in [0.5, 0.6) is 17.6 Å². The van der Waals surface area contributed by atoms with E-state index in [9.17, 15) is 43.4 Å². The zero-order valence-electron chi connectivity index (χ0n) is 55.1. The average Bonchev–Trinajstić information content (AvgIpc) is 1.59. The molecule has 546 valence electrons. The molecule has 6 aliphatic heterocycles. The molecular weight excluding hydrogens is 1380 g/mol. The summed E-state index contributed by atoms with van der Waals surface area (Å²) in [5, 5.41) is 33.9. The third kappa shape index (κ3) is 16.0. The van der Waals surface area contributed by atoms with Crippen LogP contribution in [0.2, 0.25) is 0 Å². The predicted octanol–water partition coefficient (Wildman–Crippen LogP) is 2.85. The van der Waals surface area contributed by atoms with E-state index >= 15 is 0 Å². The number of nitrogens with zero attached hydrogens (tertiary/aromatic N) is 12. The molecule has 12 heterocycles. The molecule has 15 atom stereocenters. The number of aromatic nitrogens is 12. The van der Waals surface area contributed by atoms with E-state index in [4.69, 9.17) is 101 Å². The van der Waals surface area contributed by atoms with Gasteiger partial charge in [-0.1, -0.05) is 0 Å². The molecule has 6 aromatic rings. The molecule has 0 radical (unpaired) electrons. The van der Waals surface area contributed by atoms with Crippen LogP contribution in [0.25, 0.3) is 33.5 Å². The molecule has 0 amide bonds. The highest BCUT2D eigenvalue weighted by molar-refractivity contribution is 7.49. The first-order valence-corrected chi connectivity index (χ1v) is 35.4. The number of hydrogen-bond acceptors (Lipinski definition) is 39. The molecule has 0 saturated carbocycles. The summed E-state index contributed by atoms with van der Waals surface area (Å²) in [6, 6.07) is 0.